The number of hydrogen-bond donors (Lipinski definition) is 5. The summed E-state index contributed by atoms with van der Waals surface area (Å²) in [5, 5.41) is 31.4. The molecule has 0 fully saturated rings. The van der Waals surface area contributed by atoms with Gasteiger partial charge in [0.25, 0.3) is 11.8 Å². The lowest BCUT2D eigenvalue weighted by Crippen LogP contribution is -2.59. The fourth-order valence-corrected chi connectivity index (χ4v) is 6.07. The summed E-state index contributed by atoms with van der Waals surface area (Å²) in [5.74, 6) is -3.06. The van der Waals surface area contributed by atoms with Crippen molar-refractivity contribution in [3.63, 3.8) is 0 Å². The molecule has 2 aromatic carbocycles. The van der Waals surface area contributed by atoms with Crippen LogP contribution >= 0.6 is 0 Å². The van der Waals surface area contributed by atoms with Crippen molar-refractivity contribution in [3.8, 4) is 0 Å². The van der Waals surface area contributed by atoms with E-state index in [1.165, 1.54) is 19.5 Å². The van der Waals surface area contributed by atoms with Crippen molar-refractivity contribution >= 4 is 17.7 Å². The van der Waals surface area contributed by atoms with Crippen LogP contribution in [0.1, 0.15) is 85.1 Å². The standard InChI is InChI=1S/C38H50F2N4O6/c1-4-10-25(11-5-2)15-16-32(43-37(48)28-14-9-18-41-24-28)38(49)44-33(22-26-20-29(39)23-30(40)21-26)35(46)34(45)31(17-19-50-3)42-36(47)27-12-7-6-8-13-27/h6-9,12-14,18,20-21,23-25,31-35,45-46H,4-5,10-11,15-17,19,22H2,1-3H3,(H,42,47)(H,43,48)(H,44,49)/t31-,32-,33+,34-,35-/m1/s1. The van der Waals surface area contributed by atoms with Crippen molar-refractivity contribution in [2.45, 2.75) is 95.5 Å². The second-order valence-corrected chi connectivity index (χ2v) is 12.6. The molecule has 0 aliphatic carbocycles. The predicted molar refractivity (Wildman–Crippen MR) is 186 cm³/mol. The van der Waals surface area contributed by atoms with Crippen LogP contribution in [0.25, 0.3) is 0 Å². The summed E-state index contributed by atoms with van der Waals surface area (Å²) in [4.78, 5) is 44.3. The molecule has 0 saturated heterocycles. The maximum atomic E-state index is 14.3. The van der Waals surface area contributed by atoms with Crippen molar-refractivity contribution in [2.75, 3.05) is 13.7 Å². The zero-order valence-corrected chi connectivity index (χ0v) is 29.0. The smallest absolute Gasteiger partial charge is 0.253 e. The Bertz CT molecular complexity index is 1460. The minimum Gasteiger partial charge on any atom is -0.388 e. The maximum Gasteiger partial charge on any atom is 0.253 e. The van der Waals surface area contributed by atoms with Gasteiger partial charge in [0, 0.05) is 37.7 Å². The van der Waals surface area contributed by atoms with E-state index in [1.54, 1.807) is 42.5 Å². The van der Waals surface area contributed by atoms with E-state index in [2.05, 4.69) is 34.8 Å². The van der Waals surface area contributed by atoms with Gasteiger partial charge in [0.15, 0.2) is 0 Å². The Hall–Kier alpha value is -4.26. The van der Waals surface area contributed by atoms with Crippen molar-refractivity contribution in [2.24, 2.45) is 5.92 Å². The number of carbonyl (C=O) groups is 3. The van der Waals surface area contributed by atoms with Gasteiger partial charge in [-0.15, -0.1) is 0 Å². The highest BCUT2D eigenvalue weighted by atomic mass is 19.1. The Labute approximate surface area is 293 Å². The average molecular weight is 697 g/mol. The summed E-state index contributed by atoms with van der Waals surface area (Å²) >= 11 is 0. The number of carbonyl (C=O) groups excluding carboxylic acids is 3. The molecule has 1 aromatic heterocycles. The number of aliphatic hydroxyl groups excluding tert-OH is 2. The fraction of sp³-hybridized carbons (Fsp3) is 0.474. The van der Waals surface area contributed by atoms with Gasteiger partial charge in [-0.2, -0.15) is 0 Å². The van der Waals surface area contributed by atoms with E-state index >= 15 is 0 Å². The lowest BCUT2D eigenvalue weighted by atomic mass is 9.90. The number of pyridine rings is 1. The van der Waals surface area contributed by atoms with Gasteiger partial charge in [0.1, 0.15) is 29.9 Å². The molecule has 272 valence electrons. The Morgan fingerprint density at radius 3 is 1.98 bits per heavy atom. The largest absolute Gasteiger partial charge is 0.388 e. The van der Waals surface area contributed by atoms with Crippen LogP contribution in [0.3, 0.4) is 0 Å². The number of ether oxygens (including phenoxy) is 1. The molecule has 0 saturated carbocycles. The highest BCUT2D eigenvalue weighted by molar-refractivity contribution is 5.97. The predicted octanol–water partition coefficient (Wildman–Crippen LogP) is 4.74. The van der Waals surface area contributed by atoms with E-state index in [0.717, 1.165) is 37.8 Å². The fourth-order valence-electron chi connectivity index (χ4n) is 6.07. The molecule has 0 aliphatic rings. The summed E-state index contributed by atoms with van der Waals surface area (Å²) < 4.78 is 33.7. The van der Waals surface area contributed by atoms with Gasteiger partial charge < -0.3 is 30.9 Å². The van der Waals surface area contributed by atoms with Crippen molar-refractivity contribution in [3.05, 3.63) is 101 Å². The molecule has 3 rings (SSSR count). The van der Waals surface area contributed by atoms with Gasteiger partial charge in [-0.3, -0.25) is 19.4 Å². The Morgan fingerprint density at radius 1 is 0.760 bits per heavy atom. The van der Waals surface area contributed by atoms with E-state index < -0.39 is 59.7 Å². The number of halogens is 2. The molecule has 0 unspecified atom stereocenters. The first-order valence-corrected chi connectivity index (χ1v) is 17.2. The van der Waals surface area contributed by atoms with Crippen LogP contribution in [-0.4, -0.2) is 77.0 Å². The van der Waals surface area contributed by atoms with Crippen LogP contribution in [-0.2, 0) is 16.0 Å². The van der Waals surface area contributed by atoms with Crippen molar-refractivity contribution in [1.29, 1.82) is 0 Å². The molecule has 0 spiro atoms. The van der Waals surface area contributed by atoms with Gasteiger partial charge in [-0.25, -0.2) is 8.78 Å². The monoisotopic (exact) mass is 696 g/mol. The van der Waals surface area contributed by atoms with E-state index in [0.29, 0.717) is 24.0 Å². The van der Waals surface area contributed by atoms with Crippen molar-refractivity contribution < 1.29 is 38.1 Å². The Morgan fingerprint density at radius 2 is 1.38 bits per heavy atom. The summed E-state index contributed by atoms with van der Waals surface area (Å²) in [6, 6.07) is 11.0. The number of hydrogen-bond acceptors (Lipinski definition) is 7. The lowest BCUT2D eigenvalue weighted by molar-refractivity contribution is -0.125. The highest BCUT2D eigenvalue weighted by Gasteiger charge is 2.36. The van der Waals surface area contributed by atoms with E-state index in [1.807, 2.05) is 0 Å². The first-order chi connectivity index (χ1) is 24.1. The second kappa shape index (κ2) is 21.1. The molecule has 0 radical (unpaired) electrons. The number of methoxy groups -OCH3 is 1. The Balaban J connectivity index is 1.93. The minimum absolute atomic E-state index is 0.0998. The first-order valence-electron chi connectivity index (χ1n) is 17.2. The molecule has 3 aromatic rings. The SMILES string of the molecule is CCCC(CCC)CC[C@@H](NC(=O)c1cccnc1)C(=O)N[C@@H](Cc1cc(F)cc(F)c1)[C@@H](O)[C@H](O)[C@@H](CCOC)NC(=O)c1ccccc1. The van der Waals surface area contributed by atoms with Gasteiger partial charge in [-0.05, 0) is 73.6 Å². The van der Waals surface area contributed by atoms with Gasteiger partial charge in [-0.1, -0.05) is 57.7 Å². The molecule has 1 heterocycles. The third kappa shape index (κ3) is 12.9. The molecule has 0 bridgehead atoms. The molecule has 10 nitrogen and oxygen atoms in total. The minimum atomic E-state index is -1.73. The number of aromatic nitrogens is 1. The molecule has 3 amide bonds. The number of rotatable bonds is 21. The maximum absolute atomic E-state index is 14.3. The molecule has 50 heavy (non-hydrogen) atoms. The van der Waals surface area contributed by atoms with Gasteiger partial charge >= 0.3 is 0 Å². The summed E-state index contributed by atoms with van der Waals surface area (Å²) in [5.41, 5.74) is 0.692. The zero-order valence-electron chi connectivity index (χ0n) is 29.0. The van der Waals surface area contributed by atoms with Gasteiger partial charge in [0.05, 0.1) is 17.6 Å². The van der Waals surface area contributed by atoms with Crippen LogP contribution in [0, 0.1) is 17.6 Å². The van der Waals surface area contributed by atoms with Gasteiger partial charge in [0.2, 0.25) is 5.91 Å². The molecule has 0 aliphatic heterocycles. The third-order valence-corrected chi connectivity index (χ3v) is 8.67. The normalized spacial score (nSPS) is 14.3. The number of nitrogens with one attached hydrogen (secondary N) is 3. The van der Waals surface area contributed by atoms with Crippen LogP contribution in [0.4, 0.5) is 8.78 Å². The molecule has 5 atom stereocenters. The number of amides is 3. The van der Waals surface area contributed by atoms with Crippen LogP contribution in [0.5, 0.6) is 0 Å². The van der Waals surface area contributed by atoms with Crippen LogP contribution in [0.2, 0.25) is 0 Å². The number of benzene rings is 2. The Kier molecular flexibility index (Phi) is 16.9. The van der Waals surface area contributed by atoms with E-state index in [9.17, 15) is 33.4 Å². The molecule has 12 heteroatoms. The topological polar surface area (TPSA) is 150 Å². The van der Waals surface area contributed by atoms with Crippen LogP contribution in [0.15, 0.2) is 73.1 Å². The average Bonchev–Trinajstić information content (AvgIpc) is 3.11. The summed E-state index contributed by atoms with van der Waals surface area (Å²) in [6.45, 7) is 4.30. The molecule has 5 N–H and O–H groups in total. The van der Waals surface area contributed by atoms with Crippen molar-refractivity contribution in [1.82, 2.24) is 20.9 Å². The van der Waals surface area contributed by atoms with E-state index in [4.69, 9.17) is 4.74 Å². The van der Waals surface area contributed by atoms with E-state index in [-0.39, 0.29) is 37.0 Å². The summed E-state index contributed by atoms with van der Waals surface area (Å²) in [6.07, 6.45) is 4.11. The van der Waals surface area contributed by atoms with Crippen LogP contribution < -0.4 is 16.0 Å². The molecular formula is C38H50F2N4O6. The zero-order chi connectivity index (χ0) is 36.5. The highest BCUT2D eigenvalue weighted by Crippen LogP contribution is 2.22. The number of aliphatic hydroxyl groups is 2. The third-order valence-electron chi connectivity index (χ3n) is 8.67. The molecular weight excluding hydrogens is 646 g/mol. The number of nitrogens with zero attached hydrogens (tertiary/aromatic N) is 1. The quantitative estimate of drug-likeness (QED) is 0.108. The first kappa shape index (κ1) is 40.2. The lowest BCUT2D eigenvalue weighted by Gasteiger charge is -2.34. The second-order valence-electron chi connectivity index (χ2n) is 12.6. The summed E-state index contributed by atoms with van der Waals surface area (Å²) in [7, 11) is 1.45.